The van der Waals surface area contributed by atoms with Crippen LogP contribution in [-0.2, 0) is 4.79 Å². The van der Waals surface area contributed by atoms with Crippen LogP contribution in [0.3, 0.4) is 0 Å². The van der Waals surface area contributed by atoms with E-state index in [0.29, 0.717) is 12.4 Å². The number of carbonyl (C=O) groups excluding carboxylic acids is 1. The van der Waals surface area contributed by atoms with Crippen LogP contribution in [0.2, 0.25) is 0 Å². The summed E-state index contributed by atoms with van der Waals surface area (Å²) in [6.07, 6.45) is 1.88. The molecule has 1 aliphatic rings. The molecule has 0 aromatic heterocycles. The van der Waals surface area contributed by atoms with Crippen molar-refractivity contribution in [2.45, 2.75) is 25.8 Å². The number of nitrogens with one attached hydrogen (secondary N) is 1. The Kier molecular flexibility index (Phi) is 3.98. The minimum absolute atomic E-state index is 0.161. The lowest BCUT2D eigenvalue weighted by Crippen LogP contribution is -2.34. The number of rotatable bonds is 4. The van der Waals surface area contributed by atoms with Crippen molar-refractivity contribution < 1.29 is 14.3 Å². The van der Waals surface area contributed by atoms with Gasteiger partial charge in [0.25, 0.3) is 0 Å². The lowest BCUT2D eigenvalue weighted by molar-refractivity contribution is -0.136. The fourth-order valence-electron chi connectivity index (χ4n) is 1.87. The van der Waals surface area contributed by atoms with Crippen LogP contribution < -0.4 is 14.8 Å². The number of carbonyl (C=O) groups is 1. The summed E-state index contributed by atoms with van der Waals surface area (Å²) in [7, 11) is 0. The van der Waals surface area contributed by atoms with E-state index in [2.05, 4.69) is 5.32 Å². The van der Waals surface area contributed by atoms with E-state index in [1.54, 1.807) is 12.1 Å². The van der Waals surface area contributed by atoms with Crippen LogP contribution in [0.5, 0.6) is 11.5 Å². The molecule has 0 bridgehead atoms. The summed E-state index contributed by atoms with van der Waals surface area (Å²) in [5.74, 6) is 1.04. The number of benzene rings is 1. The van der Waals surface area contributed by atoms with E-state index >= 15 is 0 Å². The van der Waals surface area contributed by atoms with Gasteiger partial charge in [-0.15, -0.1) is 0 Å². The van der Waals surface area contributed by atoms with Gasteiger partial charge in [-0.1, -0.05) is 6.07 Å². The summed E-state index contributed by atoms with van der Waals surface area (Å²) < 4.78 is 10.7. The molecule has 1 heterocycles. The predicted molar refractivity (Wildman–Crippen MR) is 64.3 cm³/mol. The van der Waals surface area contributed by atoms with Gasteiger partial charge in [-0.3, -0.25) is 0 Å². The van der Waals surface area contributed by atoms with E-state index in [1.165, 1.54) is 0 Å². The molecule has 1 N–H and O–H groups in total. The summed E-state index contributed by atoms with van der Waals surface area (Å²) >= 11 is 0. The highest BCUT2D eigenvalue weighted by Gasteiger charge is 2.23. The van der Waals surface area contributed by atoms with Gasteiger partial charge in [0.15, 0.2) is 0 Å². The van der Waals surface area contributed by atoms with Crippen molar-refractivity contribution in [2.24, 2.45) is 0 Å². The third-order valence-electron chi connectivity index (χ3n) is 2.68. The van der Waals surface area contributed by atoms with E-state index in [0.717, 1.165) is 25.1 Å². The quantitative estimate of drug-likeness (QED) is 0.638. The molecule has 0 saturated carbocycles. The SMILES string of the molecule is CCOc1cccc(OC(=O)C2CCCN2)c1. The van der Waals surface area contributed by atoms with E-state index in [-0.39, 0.29) is 12.0 Å². The highest BCUT2D eigenvalue weighted by molar-refractivity contribution is 5.78. The third kappa shape index (κ3) is 3.20. The standard InChI is InChI=1S/C13H17NO3/c1-2-16-10-5-3-6-11(9-10)17-13(15)12-7-4-8-14-12/h3,5-6,9,12,14H,2,4,7-8H2,1H3. The van der Waals surface area contributed by atoms with Gasteiger partial charge < -0.3 is 14.8 Å². The Morgan fingerprint density at radius 3 is 3.00 bits per heavy atom. The second kappa shape index (κ2) is 5.68. The molecule has 1 aliphatic heterocycles. The van der Waals surface area contributed by atoms with Crippen molar-refractivity contribution >= 4 is 5.97 Å². The fourth-order valence-corrected chi connectivity index (χ4v) is 1.87. The Balaban J connectivity index is 1.97. The minimum Gasteiger partial charge on any atom is -0.494 e. The number of hydrogen-bond acceptors (Lipinski definition) is 4. The Morgan fingerprint density at radius 1 is 1.47 bits per heavy atom. The van der Waals surface area contributed by atoms with E-state index in [1.807, 2.05) is 19.1 Å². The van der Waals surface area contributed by atoms with Gasteiger partial charge in [0.05, 0.1) is 6.61 Å². The summed E-state index contributed by atoms with van der Waals surface area (Å²) in [6, 6.07) is 6.99. The molecule has 0 aliphatic carbocycles. The molecule has 2 rings (SSSR count). The Morgan fingerprint density at radius 2 is 2.29 bits per heavy atom. The van der Waals surface area contributed by atoms with Gasteiger partial charge in [0, 0.05) is 6.07 Å². The van der Waals surface area contributed by atoms with E-state index in [4.69, 9.17) is 9.47 Å². The van der Waals surface area contributed by atoms with Gasteiger partial charge in [0.1, 0.15) is 17.5 Å². The molecule has 1 fully saturated rings. The first-order valence-electron chi connectivity index (χ1n) is 5.97. The molecule has 1 aromatic rings. The number of hydrogen-bond donors (Lipinski definition) is 1. The molecular formula is C13H17NO3. The van der Waals surface area contributed by atoms with Crippen LogP contribution in [0, 0.1) is 0 Å². The Bertz CT molecular complexity index is 386. The topological polar surface area (TPSA) is 47.6 Å². The van der Waals surface area contributed by atoms with Crippen molar-refractivity contribution in [3.8, 4) is 11.5 Å². The van der Waals surface area contributed by atoms with E-state index < -0.39 is 0 Å². The summed E-state index contributed by atoms with van der Waals surface area (Å²) in [5.41, 5.74) is 0. The summed E-state index contributed by atoms with van der Waals surface area (Å²) in [6.45, 7) is 3.40. The summed E-state index contributed by atoms with van der Waals surface area (Å²) in [5, 5.41) is 3.11. The molecule has 0 amide bonds. The maximum Gasteiger partial charge on any atom is 0.328 e. The maximum absolute atomic E-state index is 11.8. The highest BCUT2D eigenvalue weighted by Crippen LogP contribution is 2.20. The zero-order valence-corrected chi connectivity index (χ0v) is 9.94. The maximum atomic E-state index is 11.8. The zero-order chi connectivity index (χ0) is 12.1. The highest BCUT2D eigenvalue weighted by atomic mass is 16.5. The molecule has 1 saturated heterocycles. The molecule has 4 nitrogen and oxygen atoms in total. The largest absolute Gasteiger partial charge is 0.494 e. The predicted octanol–water partition coefficient (Wildman–Crippen LogP) is 1.74. The molecule has 0 spiro atoms. The number of ether oxygens (including phenoxy) is 2. The average Bonchev–Trinajstić information content (AvgIpc) is 2.83. The monoisotopic (exact) mass is 235 g/mol. The fraction of sp³-hybridized carbons (Fsp3) is 0.462. The second-order valence-corrected chi connectivity index (χ2v) is 3.98. The minimum atomic E-state index is -0.212. The average molecular weight is 235 g/mol. The molecule has 1 aromatic carbocycles. The molecular weight excluding hydrogens is 218 g/mol. The van der Waals surface area contributed by atoms with Crippen LogP contribution in [0.15, 0.2) is 24.3 Å². The van der Waals surface area contributed by atoms with Gasteiger partial charge in [-0.05, 0) is 38.4 Å². The van der Waals surface area contributed by atoms with Crippen molar-refractivity contribution in [1.29, 1.82) is 0 Å². The molecule has 0 radical (unpaired) electrons. The molecule has 17 heavy (non-hydrogen) atoms. The molecule has 1 unspecified atom stereocenters. The third-order valence-corrected chi connectivity index (χ3v) is 2.68. The van der Waals surface area contributed by atoms with Crippen LogP contribution in [0.25, 0.3) is 0 Å². The first-order chi connectivity index (χ1) is 8.29. The first kappa shape index (κ1) is 11.9. The van der Waals surface area contributed by atoms with Crippen LogP contribution >= 0.6 is 0 Å². The zero-order valence-electron chi connectivity index (χ0n) is 9.94. The van der Waals surface area contributed by atoms with Gasteiger partial charge in [-0.2, -0.15) is 0 Å². The van der Waals surface area contributed by atoms with Crippen LogP contribution in [-0.4, -0.2) is 25.2 Å². The van der Waals surface area contributed by atoms with Crippen molar-refractivity contribution in [2.75, 3.05) is 13.2 Å². The molecule has 1 atom stereocenters. The first-order valence-corrected chi connectivity index (χ1v) is 5.97. The lowest BCUT2D eigenvalue weighted by atomic mass is 10.2. The van der Waals surface area contributed by atoms with Gasteiger partial charge in [0.2, 0.25) is 0 Å². The van der Waals surface area contributed by atoms with Gasteiger partial charge >= 0.3 is 5.97 Å². The van der Waals surface area contributed by atoms with E-state index in [9.17, 15) is 4.79 Å². The van der Waals surface area contributed by atoms with Crippen molar-refractivity contribution in [3.05, 3.63) is 24.3 Å². The Labute approximate surface area is 101 Å². The number of esters is 1. The van der Waals surface area contributed by atoms with Gasteiger partial charge in [-0.25, -0.2) is 4.79 Å². The van der Waals surface area contributed by atoms with Crippen molar-refractivity contribution in [1.82, 2.24) is 5.32 Å². The smallest absolute Gasteiger partial charge is 0.328 e. The van der Waals surface area contributed by atoms with Crippen LogP contribution in [0.1, 0.15) is 19.8 Å². The molecule has 4 heteroatoms. The van der Waals surface area contributed by atoms with Crippen molar-refractivity contribution in [3.63, 3.8) is 0 Å². The van der Waals surface area contributed by atoms with Crippen LogP contribution in [0.4, 0.5) is 0 Å². The lowest BCUT2D eigenvalue weighted by Gasteiger charge is -2.10. The molecule has 92 valence electrons. The summed E-state index contributed by atoms with van der Waals surface area (Å²) in [4.78, 5) is 11.8. The Hall–Kier alpha value is -1.55. The normalized spacial score (nSPS) is 19.0. The second-order valence-electron chi connectivity index (χ2n) is 3.98.